The summed E-state index contributed by atoms with van der Waals surface area (Å²) in [4.78, 5) is 0. The molecule has 3 N–H and O–H groups in total. The van der Waals surface area contributed by atoms with Crippen LogP contribution in [0.3, 0.4) is 0 Å². The highest BCUT2D eigenvalue weighted by molar-refractivity contribution is 4.88. The van der Waals surface area contributed by atoms with Gasteiger partial charge < -0.3 is 10.6 Å². The molecule has 0 spiro atoms. The van der Waals surface area contributed by atoms with E-state index in [-0.39, 0.29) is 5.48 Å². The largest absolute Gasteiger partial charge is 0.412 e. The molecule has 0 atom stereocenters. The van der Waals surface area contributed by atoms with E-state index in [9.17, 15) is 0 Å². The number of aliphatic hydroxyl groups excluding tert-OH is 1. The topological polar surface area (TPSA) is 51.7 Å². The average molecular weight is 162 g/mol. The van der Waals surface area contributed by atoms with Gasteiger partial charge in [0.05, 0.1) is 0 Å². The normalized spacial score (nSPS) is 7.00. The molecule has 11 heavy (non-hydrogen) atoms. The molecule has 0 heterocycles. The van der Waals surface area contributed by atoms with E-state index in [4.69, 9.17) is 5.11 Å². The highest BCUT2D eigenvalue weighted by Crippen LogP contribution is 1.82. The summed E-state index contributed by atoms with van der Waals surface area (Å²) >= 11 is 0. The quantitative estimate of drug-likeness (QED) is 0.620. The van der Waals surface area contributed by atoms with Crippen LogP contribution in [0.5, 0.6) is 0 Å². The first-order valence-corrected chi connectivity index (χ1v) is 3.89. The molecule has 0 unspecified atom stereocenters. The molecule has 0 saturated heterocycles. The van der Waals surface area contributed by atoms with Crippen LogP contribution in [0, 0.1) is 0 Å². The van der Waals surface area contributed by atoms with Crippen molar-refractivity contribution in [1.29, 1.82) is 0 Å². The summed E-state index contributed by atoms with van der Waals surface area (Å²) in [5, 5.41) is 8.07. The standard InChI is InChI=1S/C5H10.C4H10O.H2O/c1-4-5(2)3;1-2-3-4-5;/h4H,1-3H3;5H,2-4H2,1H3;1H2. The molecule has 0 aromatic rings. The highest BCUT2D eigenvalue weighted by Gasteiger charge is 1.69. The van der Waals surface area contributed by atoms with Gasteiger partial charge in [-0.05, 0) is 27.2 Å². The number of aliphatic hydroxyl groups is 1. The van der Waals surface area contributed by atoms with Crippen LogP contribution < -0.4 is 0 Å². The van der Waals surface area contributed by atoms with Gasteiger partial charge in [-0.1, -0.05) is 25.0 Å². The van der Waals surface area contributed by atoms with Gasteiger partial charge in [0.25, 0.3) is 0 Å². The van der Waals surface area contributed by atoms with E-state index in [1.807, 2.05) is 6.92 Å². The zero-order chi connectivity index (χ0) is 8.41. The Balaban J connectivity index is -0.000000107. The highest BCUT2D eigenvalue weighted by atomic mass is 16.2. The summed E-state index contributed by atoms with van der Waals surface area (Å²) in [7, 11) is 0. The summed E-state index contributed by atoms with van der Waals surface area (Å²) < 4.78 is 0. The van der Waals surface area contributed by atoms with Crippen LogP contribution in [-0.2, 0) is 0 Å². The van der Waals surface area contributed by atoms with Crippen LogP contribution >= 0.6 is 0 Å². The maximum atomic E-state index is 8.07. The molecule has 70 valence electrons. The molecule has 0 aliphatic heterocycles. The second-order valence-electron chi connectivity index (χ2n) is 2.44. The Morgan fingerprint density at radius 1 is 1.36 bits per heavy atom. The summed E-state index contributed by atoms with van der Waals surface area (Å²) in [6.45, 7) is 8.60. The molecule has 0 rings (SSSR count). The van der Waals surface area contributed by atoms with E-state index in [0.717, 1.165) is 12.8 Å². The monoisotopic (exact) mass is 162 g/mol. The molecule has 0 amide bonds. The minimum Gasteiger partial charge on any atom is -0.412 e. The van der Waals surface area contributed by atoms with Crippen molar-refractivity contribution in [3.8, 4) is 0 Å². The van der Waals surface area contributed by atoms with Gasteiger partial charge in [0.15, 0.2) is 0 Å². The van der Waals surface area contributed by atoms with Crippen LogP contribution in [0.1, 0.15) is 40.5 Å². The van der Waals surface area contributed by atoms with Crippen LogP contribution in [0.25, 0.3) is 0 Å². The van der Waals surface area contributed by atoms with E-state index < -0.39 is 0 Å². The summed E-state index contributed by atoms with van der Waals surface area (Å²) in [5.74, 6) is 0. The molecule has 0 radical (unpaired) electrons. The van der Waals surface area contributed by atoms with E-state index in [1.165, 1.54) is 5.57 Å². The van der Waals surface area contributed by atoms with Gasteiger partial charge in [0.2, 0.25) is 0 Å². The third-order valence-corrected chi connectivity index (χ3v) is 1.09. The first kappa shape index (κ1) is 17.0. The van der Waals surface area contributed by atoms with Gasteiger partial charge in [-0.3, -0.25) is 0 Å². The van der Waals surface area contributed by atoms with Gasteiger partial charge >= 0.3 is 0 Å². The lowest BCUT2D eigenvalue weighted by Gasteiger charge is -1.79. The lowest BCUT2D eigenvalue weighted by Crippen LogP contribution is -1.75. The van der Waals surface area contributed by atoms with Crippen LogP contribution in [0.15, 0.2) is 11.6 Å². The molecular weight excluding hydrogens is 140 g/mol. The lowest BCUT2D eigenvalue weighted by atomic mass is 10.3. The minimum atomic E-state index is 0. The molecule has 0 saturated carbocycles. The van der Waals surface area contributed by atoms with E-state index in [2.05, 4.69) is 26.8 Å². The van der Waals surface area contributed by atoms with Crippen LogP contribution in [-0.4, -0.2) is 17.2 Å². The maximum Gasteiger partial charge on any atom is 0.0430 e. The number of allylic oxidation sites excluding steroid dienone is 2. The third-order valence-electron chi connectivity index (χ3n) is 1.09. The van der Waals surface area contributed by atoms with Crippen molar-refractivity contribution in [2.24, 2.45) is 0 Å². The van der Waals surface area contributed by atoms with Gasteiger partial charge in [0.1, 0.15) is 0 Å². The number of rotatable bonds is 2. The SMILES string of the molecule is CC=C(C)C.CCCCO.O. The second kappa shape index (κ2) is 16.3. The molecule has 0 bridgehead atoms. The molecule has 0 aliphatic carbocycles. The molecule has 0 aromatic carbocycles. The third kappa shape index (κ3) is 42.3. The van der Waals surface area contributed by atoms with Crippen molar-refractivity contribution < 1.29 is 10.6 Å². The molecule has 0 fully saturated rings. The Hall–Kier alpha value is -0.340. The summed E-state index contributed by atoms with van der Waals surface area (Å²) in [6.07, 6.45) is 4.12. The van der Waals surface area contributed by atoms with Gasteiger partial charge in [-0.15, -0.1) is 0 Å². The van der Waals surface area contributed by atoms with Gasteiger partial charge in [-0.25, -0.2) is 0 Å². The molecule has 2 heteroatoms. The molecule has 0 aliphatic rings. The predicted octanol–water partition coefficient (Wildman–Crippen LogP) is 1.93. The number of unbranched alkanes of at least 4 members (excludes halogenated alkanes) is 1. The smallest absolute Gasteiger partial charge is 0.0430 e. The van der Waals surface area contributed by atoms with Crippen LogP contribution in [0.2, 0.25) is 0 Å². The fourth-order valence-corrected chi connectivity index (χ4v) is 0.158. The van der Waals surface area contributed by atoms with Crippen molar-refractivity contribution in [2.75, 3.05) is 6.61 Å². The summed E-state index contributed by atoms with van der Waals surface area (Å²) in [5.41, 5.74) is 1.38. The van der Waals surface area contributed by atoms with Crippen molar-refractivity contribution in [1.82, 2.24) is 0 Å². The first-order chi connectivity index (χ1) is 4.68. The van der Waals surface area contributed by atoms with Crippen LogP contribution in [0.4, 0.5) is 0 Å². The fraction of sp³-hybridized carbons (Fsp3) is 0.778. The maximum absolute atomic E-state index is 8.07. The zero-order valence-corrected chi connectivity index (χ0v) is 8.15. The Morgan fingerprint density at radius 2 is 1.73 bits per heavy atom. The number of hydrogen-bond donors (Lipinski definition) is 1. The Kier molecular flexibility index (Phi) is 25.2. The minimum absolute atomic E-state index is 0. The second-order valence-corrected chi connectivity index (χ2v) is 2.44. The fourth-order valence-electron chi connectivity index (χ4n) is 0.158. The number of hydrogen-bond acceptors (Lipinski definition) is 1. The van der Waals surface area contributed by atoms with E-state index in [0.29, 0.717) is 6.61 Å². The van der Waals surface area contributed by atoms with Crippen molar-refractivity contribution in [3.63, 3.8) is 0 Å². The van der Waals surface area contributed by atoms with Crippen molar-refractivity contribution >= 4 is 0 Å². The average Bonchev–Trinajstić information content (AvgIpc) is 1.91. The molecular formula is C9H22O2. The van der Waals surface area contributed by atoms with Gasteiger partial charge in [-0.2, -0.15) is 0 Å². The zero-order valence-electron chi connectivity index (χ0n) is 8.15. The van der Waals surface area contributed by atoms with Crippen molar-refractivity contribution in [2.45, 2.75) is 40.5 Å². The molecule has 0 aromatic heterocycles. The molecule has 2 nitrogen and oxygen atoms in total. The summed E-state index contributed by atoms with van der Waals surface area (Å²) in [6, 6.07) is 0. The predicted molar refractivity (Wildman–Crippen MR) is 50.7 cm³/mol. The van der Waals surface area contributed by atoms with E-state index >= 15 is 0 Å². The lowest BCUT2D eigenvalue weighted by molar-refractivity contribution is 0.287. The van der Waals surface area contributed by atoms with Crippen molar-refractivity contribution in [3.05, 3.63) is 11.6 Å². The van der Waals surface area contributed by atoms with Gasteiger partial charge in [0, 0.05) is 6.61 Å². The Bertz CT molecular complexity index is 71.6. The first-order valence-electron chi connectivity index (χ1n) is 3.89. The Labute approximate surface area is 70.3 Å². The van der Waals surface area contributed by atoms with E-state index in [1.54, 1.807) is 0 Å². The Morgan fingerprint density at radius 3 is 1.73 bits per heavy atom.